The van der Waals surface area contributed by atoms with E-state index in [9.17, 15) is 4.79 Å². The molecule has 0 saturated carbocycles. The molecule has 7 nitrogen and oxygen atoms in total. The summed E-state index contributed by atoms with van der Waals surface area (Å²) in [6, 6.07) is 16.6. The second-order valence-corrected chi connectivity index (χ2v) is 8.40. The number of carbonyl (C=O) groups excluding carboxylic acids is 1. The van der Waals surface area contributed by atoms with E-state index in [0.29, 0.717) is 35.3 Å². The number of rotatable bonds is 7. The molecule has 0 radical (unpaired) electrons. The molecule has 3 aromatic heterocycles. The average molecular weight is 463 g/mol. The van der Waals surface area contributed by atoms with Gasteiger partial charge in [0.15, 0.2) is 11.5 Å². The summed E-state index contributed by atoms with van der Waals surface area (Å²) in [6.45, 7) is 1.64. The van der Waals surface area contributed by atoms with Gasteiger partial charge in [0.2, 0.25) is 0 Å². The molecule has 1 fully saturated rings. The lowest BCUT2D eigenvalue weighted by Crippen LogP contribution is -2.37. The Morgan fingerprint density at radius 3 is 2.85 bits per heavy atom. The molecular formula is C25H23ClN4O3. The van der Waals surface area contributed by atoms with Crippen LogP contribution in [0, 0.1) is 0 Å². The van der Waals surface area contributed by atoms with Crippen molar-refractivity contribution in [3.8, 4) is 17.1 Å². The standard InChI is InChI=1S/C25H23ClN4O3/c26-19-6-1-7-20(13-19)30-23(24-9-4-12-33-24)14-22(28-30)25(31)29(17-21-8-3-11-32-21)16-18-5-2-10-27-15-18/h1-2,4-7,9-10,12-15,21H,3,8,11,16-17H2. The van der Waals surface area contributed by atoms with Gasteiger partial charge in [-0.2, -0.15) is 5.10 Å². The highest BCUT2D eigenvalue weighted by Crippen LogP contribution is 2.27. The summed E-state index contributed by atoms with van der Waals surface area (Å²) >= 11 is 6.22. The van der Waals surface area contributed by atoms with E-state index >= 15 is 0 Å². The van der Waals surface area contributed by atoms with E-state index in [1.807, 2.05) is 30.3 Å². The fraction of sp³-hybridized carbons (Fsp3) is 0.240. The van der Waals surface area contributed by atoms with Gasteiger partial charge >= 0.3 is 0 Å². The molecule has 4 heterocycles. The van der Waals surface area contributed by atoms with Crippen molar-refractivity contribution in [1.82, 2.24) is 19.7 Å². The molecule has 8 heteroatoms. The molecule has 0 bridgehead atoms. The smallest absolute Gasteiger partial charge is 0.274 e. The predicted molar refractivity (Wildman–Crippen MR) is 124 cm³/mol. The molecule has 1 aliphatic heterocycles. The molecule has 5 rings (SSSR count). The SMILES string of the molecule is O=C(c1cc(-c2ccco2)n(-c2cccc(Cl)c2)n1)N(Cc1cccnc1)CC1CCCO1. The number of carbonyl (C=O) groups is 1. The highest BCUT2D eigenvalue weighted by Gasteiger charge is 2.27. The fourth-order valence-corrected chi connectivity index (χ4v) is 4.20. The Bertz CT molecular complexity index is 1220. The number of pyridine rings is 1. The van der Waals surface area contributed by atoms with Gasteiger partial charge in [0.1, 0.15) is 5.69 Å². The third kappa shape index (κ3) is 4.84. The molecule has 0 N–H and O–H groups in total. The molecule has 33 heavy (non-hydrogen) atoms. The first-order valence-corrected chi connectivity index (χ1v) is 11.2. The van der Waals surface area contributed by atoms with Crippen LogP contribution in [-0.4, -0.2) is 44.8 Å². The maximum Gasteiger partial charge on any atom is 0.274 e. The third-order valence-electron chi connectivity index (χ3n) is 5.59. The molecule has 1 aromatic carbocycles. The first kappa shape index (κ1) is 21.4. The molecule has 1 amide bonds. The largest absolute Gasteiger partial charge is 0.463 e. The molecule has 4 aromatic rings. The van der Waals surface area contributed by atoms with Crippen LogP contribution in [0.25, 0.3) is 17.1 Å². The predicted octanol–water partition coefficient (Wildman–Crippen LogP) is 5.00. The van der Waals surface area contributed by atoms with Crippen LogP contribution in [0.15, 0.2) is 77.7 Å². The van der Waals surface area contributed by atoms with Crippen LogP contribution >= 0.6 is 11.6 Å². The first-order chi connectivity index (χ1) is 16.2. The second kappa shape index (κ2) is 9.60. The van der Waals surface area contributed by atoms with E-state index in [1.54, 1.807) is 52.5 Å². The van der Waals surface area contributed by atoms with Crippen LogP contribution in [-0.2, 0) is 11.3 Å². The van der Waals surface area contributed by atoms with Crippen LogP contribution < -0.4 is 0 Å². The molecular weight excluding hydrogens is 440 g/mol. The summed E-state index contributed by atoms with van der Waals surface area (Å²) < 4.78 is 13.1. The molecule has 1 saturated heterocycles. The monoisotopic (exact) mass is 462 g/mol. The number of ether oxygens (including phenoxy) is 1. The minimum absolute atomic E-state index is 0.0187. The van der Waals surface area contributed by atoms with Crippen LogP contribution in [0.4, 0.5) is 0 Å². The van der Waals surface area contributed by atoms with Gasteiger partial charge < -0.3 is 14.1 Å². The molecule has 0 aliphatic carbocycles. The van der Waals surface area contributed by atoms with Crippen LogP contribution in [0.2, 0.25) is 5.02 Å². The minimum Gasteiger partial charge on any atom is -0.463 e. The Labute approximate surface area is 196 Å². The molecule has 1 aliphatic rings. The lowest BCUT2D eigenvalue weighted by Gasteiger charge is -2.24. The lowest BCUT2D eigenvalue weighted by molar-refractivity contribution is 0.0502. The van der Waals surface area contributed by atoms with Crippen LogP contribution in [0.3, 0.4) is 0 Å². The Kier molecular flexibility index (Phi) is 6.24. The molecule has 1 unspecified atom stereocenters. The van der Waals surface area contributed by atoms with Gasteiger partial charge in [0.05, 0.1) is 18.1 Å². The number of halogens is 1. The lowest BCUT2D eigenvalue weighted by atomic mass is 10.2. The number of aromatic nitrogens is 3. The number of furan rings is 1. The minimum atomic E-state index is -0.178. The normalized spacial score (nSPS) is 15.6. The van der Waals surface area contributed by atoms with E-state index in [1.165, 1.54) is 0 Å². The van der Waals surface area contributed by atoms with Gasteiger partial charge in [-0.05, 0) is 54.8 Å². The summed E-state index contributed by atoms with van der Waals surface area (Å²) in [5.74, 6) is 0.433. The van der Waals surface area contributed by atoms with Crippen LogP contribution in [0.1, 0.15) is 28.9 Å². The average Bonchev–Trinajstić information content (AvgIpc) is 3.60. The Hall–Kier alpha value is -3.42. The van der Waals surface area contributed by atoms with Gasteiger partial charge in [-0.1, -0.05) is 23.7 Å². The zero-order valence-corrected chi connectivity index (χ0v) is 18.7. The summed E-state index contributed by atoms with van der Waals surface area (Å²) in [5, 5.41) is 5.25. The number of nitrogens with zero attached hydrogens (tertiary/aromatic N) is 4. The Morgan fingerprint density at radius 2 is 2.12 bits per heavy atom. The summed E-state index contributed by atoms with van der Waals surface area (Å²) in [7, 11) is 0. The maximum atomic E-state index is 13.7. The van der Waals surface area contributed by atoms with Crippen molar-refractivity contribution in [2.45, 2.75) is 25.5 Å². The molecule has 1 atom stereocenters. The highest BCUT2D eigenvalue weighted by atomic mass is 35.5. The zero-order valence-electron chi connectivity index (χ0n) is 17.9. The van der Waals surface area contributed by atoms with E-state index in [0.717, 1.165) is 30.7 Å². The van der Waals surface area contributed by atoms with E-state index in [4.69, 9.17) is 20.8 Å². The van der Waals surface area contributed by atoms with E-state index in [2.05, 4.69) is 10.1 Å². The van der Waals surface area contributed by atoms with Crippen molar-refractivity contribution in [2.24, 2.45) is 0 Å². The molecule has 168 valence electrons. The van der Waals surface area contributed by atoms with E-state index in [-0.39, 0.29) is 12.0 Å². The quantitative estimate of drug-likeness (QED) is 0.386. The Balaban J connectivity index is 1.51. The van der Waals surface area contributed by atoms with Crippen molar-refractivity contribution < 1.29 is 13.9 Å². The van der Waals surface area contributed by atoms with E-state index < -0.39 is 0 Å². The second-order valence-electron chi connectivity index (χ2n) is 7.97. The highest BCUT2D eigenvalue weighted by molar-refractivity contribution is 6.30. The van der Waals surface area contributed by atoms with Crippen molar-refractivity contribution >= 4 is 17.5 Å². The van der Waals surface area contributed by atoms with Crippen molar-refractivity contribution in [3.63, 3.8) is 0 Å². The van der Waals surface area contributed by atoms with Gasteiger partial charge in [-0.15, -0.1) is 0 Å². The van der Waals surface area contributed by atoms with Crippen molar-refractivity contribution in [2.75, 3.05) is 13.2 Å². The topological polar surface area (TPSA) is 73.4 Å². The summed E-state index contributed by atoms with van der Waals surface area (Å²) in [4.78, 5) is 19.7. The van der Waals surface area contributed by atoms with Gasteiger partial charge in [-0.25, -0.2) is 4.68 Å². The van der Waals surface area contributed by atoms with Gasteiger partial charge in [0.25, 0.3) is 5.91 Å². The van der Waals surface area contributed by atoms with Crippen LogP contribution in [0.5, 0.6) is 0 Å². The third-order valence-corrected chi connectivity index (χ3v) is 5.82. The number of benzene rings is 1. The van der Waals surface area contributed by atoms with Crippen molar-refractivity contribution in [3.05, 3.63) is 89.5 Å². The first-order valence-electron chi connectivity index (χ1n) is 10.9. The van der Waals surface area contributed by atoms with Gasteiger partial charge in [0, 0.05) is 43.2 Å². The van der Waals surface area contributed by atoms with Crippen molar-refractivity contribution in [1.29, 1.82) is 0 Å². The maximum absolute atomic E-state index is 13.7. The fourth-order valence-electron chi connectivity index (χ4n) is 4.02. The summed E-state index contributed by atoms with van der Waals surface area (Å²) in [6.07, 6.45) is 7.05. The number of amides is 1. The summed E-state index contributed by atoms with van der Waals surface area (Å²) in [5.41, 5.74) is 2.68. The zero-order chi connectivity index (χ0) is 22.6. The Morgan fingerprint density at radius 1 is 1.18 bits per heavy atom. The van der Waals surface area contributed by atoms with Gasteiger partial charge in [-0.3, -0.25) is 9.78 Å². The molecule has 0 spiro atoms. The number of hydrogen-bond donors (Lipinski definition) is 0. The number of hydrogen-bond acceptors (Lipinski definition) is 5.